The van der Waals surface area contributed by atoms with Crippen LogP contribution in [0.25, 0.3) is 0 Å². The van der Waals surface area contributed by atoms with E-state index in [1.54, 1.807) is 51.3 Å². The van der Waals surface area contributed by atoms with Gasteiger partial charge in [0.2, 0.25) is 5.91 Å². The molecule has 0 bridgehead atoms. The van der Waals surface area contributed by atoms with Crippen molar-refractivity contribution in [3.05, 3.63) is 23.8 Å². The van der Waals surface area contributed by atoms with Crippen LogP contribution in [0, 0.1) is 0 Å². The molecule has 0 aliphatic carbocycles. The van der Waals surface area contributed by atoms with Crippen LogP contribution >= 0.6 is 0 Å². The highest BCUT2D eigenvalue weighted by molar-refractivity contribution is 5.96. The van der Waals surface area contributed by atoms with Gasteiger partial charge in [-0.25, -0.2) is 0 Å². The van der Waals surface area contributed by atoms with Crippen molar-refractivity contribution < 1.29 is 9.59 Å². The number of likely N-dealkylation sites (N-methyl/N-ethyl adjacent to an activating group) is 2. The average molecular weight is 264 g/mol. The standard InChI is InChI=1S/C13H20N4O2/c1-15-13(19)9-5-6-10(14)11(7-9)17(4)8-12(18)16(2)3/h5-7H,8,14H2,1-4H3,(H,15,19). The van der Waals surface area contributed by atoms with Crippen LogP contribution in [0.4, 0.5) is 11.4 Å². The van der Waals surface area contributed by atoms with E-state index >= 15 is 0 Å². The second kappa shape index (κ2) is 6.08. The van der Waals surface area contributed by atoms with E-state index in [2.05, 4.69) is 5.32 Å². The first-order chi connectivity index (χ1) is 8.86. The number of rotatable bonds is 4. The summed E-state index contributed by atoms with van der Waals surface area (Å²) in [4.78, 5) is 26.5. The monoisotopic (exact) mass is 264 g/mol. The quantitative estimate of drug-likeness (QED) is 0.759. The molecule has 0 aliphatic rings. The van der Waals surface area contributed by atoms with Crippen LogP contribution in [-0.4, -0.2) is 51.4 Å². The molecule has 3 N–H and O–H groups in total. The molecule has 0 heterocycles. The Morgan fingerprint density at radius 1 is 1.26 bits per heavy atom. The first kappa shape index (κ1) is 14.8. The number of hydrogen-bond acceptors (Lipinski definition) is 4. The van der Waals surface area contributed by atoms with Gasteiger partial charge in [0, 0.05) is 33.8 Å². The minimum atomic E-state index is -0.186. The molecule has 19 heavy (non-hydrogen) atoms. The molecular formula is C13H20N4O2. The number of carbonyl (C=O) groups is 2. The number of amides is 2. The van der Waals surface area contributed by atoms with E-state index in [-0.39, 0.29) is 18.4 Å². The minimum absolute atomic E-state index is 0.0350. The minimum Gasteiger partial charge on any atom is -0.397 e. The molecule has 1 rings (SSSR count). The highest BCUT2D eigenvalue weighted by atomic mass is 16.2. The van der Waals surface area contributed by atoms with Gasteiger partial charge in [-0.05, 0) is 18.2 Å². The van der Waals surface area contributed by atoms with E-state index in [9.17, 15) is 9.59 Å². The molecule has 0 saturated heterocycles. The number of benzene rings is 1. The molecule has 104 valence electrons. The molecule has 6 nitrogen and oxygen atoms in total. The van der Waals surface area contributed by atoms with Crippen molar-refractivity contribution in [2.45, 2.75) is 0 Å². The average Bonchev–Trinajstić information content (AvgIpc) is 2.37. The van der Waals surface area contributed by atoms with Gasteiger partial charge < -0.3 is 20.9 Å². The fraction of sp³-hybridized carbons (Fsp3) is 0.385. The summed E-state index contributed by atoms with van der Waals surface area (Å²) in [5, 5.41) is 2.55. The maximum Gasteiger partial charge on any atom is 0.251 e. The predicted octanol–water partition coefficient (Wildman–Crippen LogP) is 0.153. The summed E-state index contributed by atoms with van der Waals surface area (Å²) in [6.45, 7) is 0.203. The molecule has 1 aromatic carbocycles. The van der Waals surface area contributed by atoms with Crippen LogP contribution in [0.15, 0.2) is 18.2 Å². The Hall–Kier alpha value is -2.24. The highest BCUT2D eigenvalue weighted by Gasteiger charge is 2.13. The van der Waals surface area contributed by atoms with Gasteiger partial charge in [-0.1, -0.05) is 0 Å². The smallest absolute Gasteiger partial charge is 0.251 e. The van der Waals surface area contributed by atoms with E-state index in [0.29, 0.717) is 16.9 Å². The van der Waals surface area contributed by atoms with Crippen molar-refractivity contribution in [2.75, 3.05) is 45.4 Å². The Morgan fingerprint density at radius 3 is 2.42 bits per heavy atom. The lowest BCUT2D eigenvalue weighted by atomic mass is 10.1. The number of anilines is 2. The normalized spacial score (nSPS) is 9.89. The van der Waals surface area contributed by atoms with Gasteiger partial charge in [-0.3, -0.25) is 9.59 Å². The van der Waals surface area contributed by atoms with Crippen LogP contribution in [0.3, 0.4) is 0 Å². The third kappa shape index (κ3) is 3.61. The Labute approximate surface area is 113 Å². The number of nitrogens with zero attached hydrogens (tertiary/aromatic N) is 2. The van der Waals surface area contributed by atoms with E-state index in [0.717, 1.165) is 0 Å². The van der Waals surface area contributed by atoms with Gasteiger partial charge in [-0.15, -0.1) is 0 Å². The summed E-state index contributed by atoms with van der Waals surface area (Å²) in [6.07, 6.45) is 0. The van der Waals surface area contributed by atoms with Crippen molar-refractivity contribution in [1.29, 1.82) is 0 Å². The molecule has 6 heteroatoms. The van der Waals surface area contributed by atoms with E-state index in [4.69, 9.17) is 5.73 Å². The summed E-state index contributed by atoms with van der Waals surface area (Å²) in [6, 6.07) is 4.99. The van der Waals surface area contributed by atoms with Crippen molar-refractivity contribution in [3.8, 4) is 0 Å². The second-order valence-electron chi connectivity index (χ2n) is 4.50. The Bertz CT molecular complexity index is 486. The number of nitrogens with two attached hydrogens (primary N) is 1. The van der Waals surface area contributed by atoms with Crippen molar-refractivity contribution >= 4 is 23.2 Å². The lowest BCUT2D eigenvalue weighted by Gasteiger charge is -2.23. The molecular weight excluding hydrogens is 244 g/mol. The zero-order chi connectivity index (χ0) is 14.6. The van der Waals surface area contributed by atoms with Crippen LogP contribution in [-0.2, 0) is 4.79 Å². The Kier molecular flexibility index (Phi) is 4.74. The first-order valence-electron chi connectivity index (χ1n) is 5.89. The number of nitrogen functional groups attached to an aromatic ring is 1. The van der Waals surface area contributed by atoms with E-state index in [1.807, 2.05) is 0 Å². The molecule has 2 amide bonds. The topological polar surface area (TPSA) is 78.7 Å². The molecule has 0 saturated carbocycles. The zero-order valence-electron chi connectivity index (χ0n) is 11.7. The Balaban J connectivity index is 2.98. The number of nitrogens with one attached hydrogen (secondary N) is 1. The zero-order valence-corrected chi connectivity index (χ0v) is 11.7. The van der Waals surface area contributed by atoms with Gasteiger partial charge in [0.1, 0.15) is 0 Å². The van der Waals surface area contributed by atoms with Crippen LogP contribution in [0.2, 0.25) is 0 Å². The molecule has 0 radical (unpaired) electrons. The summed E-state index contributed by atoms with van der Waals surface area (Å²) in [7, 11) is 6.72. The Morgan fingerprint density at radius 2 is 1.89 bits per heavy atom. The molecule has 0 unspecified atom stereocenters. The first-order valence-corrected chi connectivity index (χ1v) is 5.89. The summed E-state index contributed by atoms with van der Waals surface area (Å²) >= 11 is 0. The second-order valence-corrected chi connectivity index (χ2v) is 4.50. The van der Waals surface area contributed by atoms with Gasteiger partial charge in [0.25, 0.3) is 5.91 Å². The SMILES string of the molecule is CNC(=O)c1ccc(N)c(N(C)CC(=O)N(C)C)c1. The van der Waals surface area contributed by atoms with Crippen molar-refractivity contribution in [3.63, 3.8) is 0 Å². The third-order valence-electron chi connectivity index (χ3n) is 2.80. The van der Waals surface area contributed by atoms with Crippen LogP contribution in [0.5, 0.6) is 0 Å². The molecule has 0 aliphatic heterocycles. The van der Waals surface area contributed by atoms with Crippen LogP contribution < -0.4 is 16.0 Å². The summed E-state index contributed by atoms with van der Waals surface area (Å²) < 4.78 is 0. The van der Waals surface area contributed by atoms with Gasteiger partial charge in [-0.2, -0.15) is 0 Å². The van der Waals surface area contributed by atoms with Crippen LogP contribution in [0.1, 0.15) is 10.4 Å². The molecule has 0 atom stereocenters. The van der Waals surface area contributed by atoms with Gasteiger partial charge >= 0.3 is 0 Å². The molecule has 1 aromatic rings. The maximum absolute atomic E-state index is 11.7. The van der Waals surface area contributed by atoms with Crippen molar-refractivity contribution in [1.82, 2.24) is 10.2 Å². The summed E-state index contributed by atoms with van der Waals surface area (Å²) in [5.41, 5.74) is 7.59. The lowest BCUT2D eigenvalue weighted by molar-refractivity contribution is -0.127. The number of hydrogen-bond donors (Lipinski definition) is 2. The molecule has 0 aromatic heterocycles. The molecule has 0 fully saturated rings. The third-order valence-corrected chi connectivity index (χ3v) is 2.80. The van der Waals surface area contributed by atoms with Crippen molar-refractivity contribution in [2.24, 2.45) is 0 Å². The summed E-state index contributed by atoms with van der Waals surface area (Å²) in [5.74, 6) is -0.221. The number of carbonyl (C=O) groups excluding carboxylic acids is 2. The van der Waals surface area contributed by atoms with Gasteiger partial charge in [0.15, 0.2) is 0 Å². The highest BCUT2D eigenvalue weighted by Crippen LogP contribution is 2.23. The van der Waals surface area contributed by atoms with E-state index < -0.39 is 0 Å². The predicted molar refractivity (Wildman–Crippen MR) is 76.2 cm³/mol. The lowest BCUT2D eigenvalue weighted by Crippen LogP contribution is -2.34. The fourth-order valence-electron chi connectivity index (χ4n) is 1.59. The largest absolute Gasteiger partial charge is 0.397 e. The fourth-order valence-corrected chi connectivity index (χ4v) is 1.59. The van der Waals surface area contributed by atoms with E-state index in [1.165, 1.54) is 4.90 Å². The maximum atomic E-state index is 11.7. The van der Waals surface area contributed by atoms with Gasteiger partial charge in [0.05, 0.1) is 17.9 Å². The molecule has 0 spiro atoms.